The molecule has 0 aliphatic heterocycles. The maximum atomic E-state index is 13.2. The Morgan fingerprint density at radius 2 is 2.24 bits per heavy atom. The molecule has 0 spiro atoms. The molecular weight excluding hydrogens is 223 g/mol. The van der Waals surface area contributed by atoms with Gasteiger partial charge in [-0.25, -0.2) is 4.39 Å². The second-order valence-corrected chi connectivity index (χ2v) is 3.74. The second kappa shape index (κ2) is 6.98. The van der Waals surface area contributed by atoms with Crippen LogP contribution < -0.4 is 11.1 Å². The topological polar surface area (TPSA) is 64.3 Å². The van der Waals surface area contributed by atoms with Crippen molar-refractivity contribution in [2.45, 2.75) is 12.5 Å². The lowest BCUT2D eigenvalue weighted by Crippen LogP contribution is -2.33. The predicted octanol–water partition coefficient (Wildman–Crippen LogP) is 0.919. The maximum absolute atomic E-state index is 13.2. The molecule has 0 bridgehead atoms. The number of carbonyl (C=O) groups is 1. The number of hydrogen-bond acceptors (Lipinski definition) is 3. The highest BCUT2D eigenvalue weighted by Gasteiger charge is 2.10. The van der Waals surface area contributed by atoms with Crippen molar-refractivity contribution in [3.8, 4) is 0 Å². The van der Waals surface area contributed by atoms with E-state index in [9.17, 15) is 9.18 Å². The van der Waals surface area contributed by atoms with E-state index in [2.05, 4.69) is 5.32 Å². The average molecular weight is 240 g/mol. The zero-order valence-corrected chi connectivity index (χ0v) is 9.78. The molecule has 0 aromatic heterocycles. The second-order valence-electron chi connectivity index (χ2n) is 3.74. The largest absolute Gasteiger partial charge is 0.383 e. The number of benzene rings is 1. The number of rotatable bonds is 6. The minimum atomic E-state index is -0.522. The van der Waals surface area contributed by atoms with Gasteiger partial charge in [-0.05, 0) is 18.6 Å². The Balaban J connectivity index is 2.38. The van der Waals surface area contributed by atoms with Gasteiger partial charge in [0.1, 0.15) is 5.82 Å². The van der Waals surface area contributed by atoms with Gasteiger partial charge in [-0.15, -0.1) is 0 Å². The molecule has 0 aliphatic carbocycles. The van der Waals surface area contributed by atoms with Gasteiger partial charge in [0.05, 0.1) is 12.2 Å². The van der Waals surface area contributed by atoms with E-state index in [4.69, 9.17) is 10.5 Å². The third-order valence-electron chi connectivity index (χ3n) is 2.30. The maximum Gasteiger partial charge on any atom is 0.254 e. The molecule has 1 atom stereocenters. The number of carbonyl (C=O) groups excluding carboxylic acids is 1. The van der Waals surface area contributed by atoms with E-state index in [1.807, 2.05) is 0 Å². The van der Waals surface area contributed by atoms with Gasteiger partial charge < -0.3 is 15.8 Å². The molecule has 1 amide bonds. The van der Waals surface area contributed by atoms with Crippen LogP contribution >= 0.6 is 0 Å². The summed E-state index contributed by atoms with van der Waals surface area (Å²) in [6, 6.07) is 5.74. The lowest BCUT2D eigenvalue weighted by molar-refractivity contribution is 0.0946. The van der Waals surface area contributed by atoms with Crippen LogP contribution in [0.2, 0.25) is 0 Å². The van der Waals surface area contributed by atoms with Gasteiger partial charge in [-0.2, -0.15) is 0 Å². The summed E-state index contributed by atoms with van der Waals surface area (Å²) in [5, 5.41) is 2.61. The van der Waals surface area contributed by atoms with Gasteiger partial charge in [0.25, 0.3) is 5.91 Å². The van der Waals surface area contributed by atoms with E-state index in [0.29, 0.717) is 19.6 Å². The van der Waals surface area contributed by atoms with Crippen molar-refractivity contribution in [3.63, 3.8) is 0 Å². The van der Waals surface area contributed by atoms with Gasteiger partial charge in [-0.1, -0.05) is 12.1 Å². The Kier molecular flexibility index (Phi) is 5.59. The number of nitrogens with one attached hydrogen (secondary N) is 1. The molecule has 0 fully saturated rings. The number of halogens is 1. The van der Waals surface area contributed by atoms with Crippen LogP contribution in [0.25, 0.3) is 0 Å². The smallest absolute Gasteiger partial charge is 0.254 e. The van der Waals surface area contributed by atoms with E-state index < -0.39 is 11.7 Å². The summed E-state index contributed by atoms with van der Waals surface area (Å²) in [5.41, 5.74) is 5.74. The molecule has 0 radical (unpaired) electrons. The van der Waals surface area contributed by atoms with E-state index >= 15 is 0 Å². The number of amides is 1. The fourth-order valence-electron chi connectivity index (χ4n) is 1.41. The van der Waals surface area contributed by atoms with Gasteiger partial charge in [0.15, 0.2) is 0 Å². The first-order valence-corrected chi connectivity index (χ1v) is 5.42. The number of methoxy groups -OCH3 is 1. The Hall–Kier alpha value is -1.46. The van der Waals surface area contributed by atoms with Crippen molar-refractivity contribution < 1.29 is 13.9 Å². The normalized spacial score (nSPS) is 12.2. The number of ether oxygens (including phenoxy) is 1. The first-order chi connectivity index (χ1) is 8.15. The number of hydrogen-bond donors (Lipinski definition) is 2. The van der Waals surface area contributed by atoms with Crippen molar-refractivity contribution in [2.24, 2.45) is 5.73 Å². The Morgan fingerprint density at radius 3 is 2.88 bits per heavy atom. The first-order valence-electron chi connectivity index (χ1n) is 5.42. The quantitative estimate of drug-likeness (QED) is 0.777. The molecule has 1 unspecified atom stereocenters. The first kappa shape index (κ1) is 13.6. The fourth-order valence-corrected chi connectivity index (χ4v) is 1.41. The van der Waals surface area contributed by atoms with Crippen LogP contribution in [-0.4, -0.2) is 32.2 Å². The molecule has 0 saturated heterocycles. The Bertz CT molecular complexity index is 371. The Labute approximate surface area is 100.0 Å². The fraction of sp³-hybridized carbons (Fsp3) is 0.417. The van der Waals surface area contributed by atoms with E-state index in [1.165, 1.54) is 12.1 Å². The lowest BCUT2D eigenvalue weighted by Gasteiger charge is -2.11. The molecule has 1 aromatic carbocycles. The van der Waals surface area contributed by atoms with Crippen LogP contribution in [-0.2, 0) is 4.74 Å². The van der Waals surface area contributed by atoms with E-state index in [0.717, 1.165) is 0 Å². The molecule has 4 nitrogen and oxygen atoms in total. The molecule has 5 heteroatoms. The van der Waals surface area contributed by atoms with Crippen LogP contribution in [0.5, 0.6) is 0 Å². The van der Waals surface area contributed by atoms with E-state index in [-0.39, 0.29) is 11.6 Å². The van der Waals surface area contributed by atoms with Crippen molar-refractivity contribution >= 4 is 5.91 Å². The zero-order chi connectivity index (χ0) is 12.7. The zero-order valence-electron chi connectivity index (χ0n) is 9.78. The summed E-state index contributed by atoms with van der Waals surface area (Å²) in [6.07, 6.45) is 0.591. The minimum Gasteiger partial charge on any atom is -0.383 e. The summed E-state index contributed by atoms with van der Waals surface area (Å²) in [7, 11) is 1.57. The van der Waals surface area contributed by atoms with Crippen molar-refractivity contribution in [1.29, 1.82) is 0 Å². The van der Waals surface area contributed by atoms with Crippen LogP contribution in [0.4, 0.5) is 4.39 Å². The van der Waals surface area contributed by atoms with Gasteiger partial charge >= 0.3 is 0 Å². The third kappa shape index (κ3) is 4.50. The van der Waals surface area contributed by atoms with Crippen LogP contribution in [0.1, 0.15) is 16.8 Å². The molecular formula is C12H17FN2O2. The molecule has 17 heavy (non-hydrogen) atoms. The van der Waals surface area contributed by atoms with Crippen molar-refractivity contribution in [3.05, 3.63) is 35.6 Å². The summed E-state index contributed by atoms with van der Waals surface area (Å²) >= 11 is 0. The highest BCUT2D eigenvalue weighted by Crippen LogP contribution is 2.05. The molecule has 1 rings (SSSR count). The monoisotopic (exact) mass is 240 g/mol. The summed E-state index contributed by atoms with van der Waals surface area (Å²) in [6.45, 7) is 0.841. The summed E-state index contributed by atoms with van der Waals surface area (Å²) < 4.78 is 18.1. The SMILES string of the molecule is COCC(N)CCNC(=O)c1ccccc1F. The molecule has 94 valence electrons. The van der Waals surface area contributed by atoms with Crippen LogP contribution in [0.15, 0.2) is 24.3 Å². The van der Waals surface area contributed by atoms with Crippen molar-refractivity contribution in [2.75, 3.05) is 20.3 Å². The lowest BCUT2D eigenvalue weighted by atomic mass is 10.2. The third-order valence-corrected chi connectivity index (χ3v) is 2.30. The Morgan fingerprint density at radius 1 is 1.53 bits per heavy atom. The molecule has 3 N–H and O–H groups in total. The summed E-state index contributed by atoms with van der Waals surface area (Å²) in [5.74, 6) is -0.945. The standard InChI is InChI=1S/C12H17FN2O2/c1-17-8-9(14)6-7-15-12(16)10-4-2-3-5-11(10)13/h2-5,9H,6-8,14H2,1H3,(H,15,16). The summed E-state index contributed by atoms with van der Waals surface area (Å²) in [4.78, 5) is 11.6. The highest BCUT2D eigenvalue weighted by atomic mass is 19.1. The van der Waals surface area contributed by atoms with Crippen molar-refractivity contribution in [1.82, 2.24) is 5.32 Å². The van der Waals surface area contributed by atoms with Gasteiger partial charge in [-0.3, -0.25) is 4.79 Å². The molecule has 0 aliphatic rings. The molecule has 1 aromatic rings. The van der Waals surface area contributed by atoms with E-state index in [1.54, 1.807) is 19.2 Å². The van der Waals surface area contributed by atoms with Crippen LogP contribution in [0.3, 0.4) is 0 Å². The molecule has 0 heterocycles. The van der Waals surface area contributed by atoms with Gasteiger partial charge in [0.2, 0.25) is 0 Å². The predicted molar refractivity (Wildman–Crippen MR) is 63.2 cm³/mol. The molecule has 0 saturated carbocycles. The number of nitrogens with two attached hydrogens (primary N) is 1. The van der Waals surface area contributed by atoms with Gasteiger partial charge in [0, 0.05) is 19.7 Å². The van der Waals surface area contributed by atoms with Crippen LogP contribution in [0, 0.1) is 5.82 Å². The highest BCUT2D eigenvalue weighted by molar-refractivity contribution is 5.94. The average Bonchev–Trinajstić information content (AvgIpc) is 2.29. The minimum absolute atomic E-state index is 0.0489.